The van der Waals surface area contributed by atoms with Gasteiger partial charge in [0.25, 0.3) is 0 Å². The van der Waals surface area contributed by atoms with Crippen molar-refractivity contribution in [3.05, 3.63) is 28.8 Å². The van der Waals surface area contributed by atoms with Crippen LogP contribution >= 0.6 is 11.6 Å². The molecule has 1 amide bonds. The molecule has 2 rings (SSSR count). The van der Waals surface area contributed by atoms with E-state index in [-0.39, 0.29) is 5.91 Å². The number of hydrogen-bond donors (Lipinski definition) is 2. The van der Waals surface area contributed by atoms with Crippen LogP contribution in [0.2, 0.25) is 5.02 Å². The molecule has 1 unspecified atom stereocenters. The highest BCUT2D eigenvalue weighted by Gasteiger charge is 2.27. The highest BCUT2D eigenvalue weighted by molar-refractivity contribution is 6.31. The highest BCUT2D eigenvalue weighted by atomic mass is 35.5. The number of piperazine rings is 1. The van der Waals surface area contributed by atoms with E-state index in [0.717, 1.165) is 6.54 Å². The van der Waals surface area contributed by atoms with E-state index in [1.165, 1.54) is 0 Å². The molecule has 5 heteroatoms. The third-order valence-corrected chi connectivity index (χ3v) is 2.89. The molecule has 1 aromatic carbocycles. The first-order valence-corrected chi connectivity index (χ1v) is 5.45. The van der Waals surface area contributed by atoms with Gasteiger partial charge in [0.05, 0.1) is 7.11 Å². The summed E-state index contributed by atoms with van der Waals surface area (Å²) < 4.78 is 5.22. The molecule has 0 aromatic heterocycles. The van der Waals surface area contributed by atoms with Crippen molar-refractivity contribution in [1.29, 1.82) is 0 Å². The van der Waals surface area contributed by atoms with E-state index in [4.69, 9.17) is 16.3 Å². The van der Waals surface area contributed by atoms with Crippen LogP contribution in [0, 0.1) is 0 Å². The molecule has 4 nitrogen and oxygen atoms in total. The summed E-state index contributed by atoms with van der Waals surface area (Å²) in [4.78, 5) is 11.7. The molecule has 1 aliphatic heterocycles. The summed E-state index contributed by atoms with van der Waals surface area (Å²) in [5.41, 5.74) is 0.698. The van der Waals surface area contributed by atoms with Crippen molar-refractivity contribution in [2.45, 2.75) is 6.04 Å². The normalized spacial score (nSPS) is 20.4. The summed E-state index contributed by atoms with van der Waals surface area (Å²) in [6.45, 7) is 1.37. The summed E-state index contributed by atoms with van der Waals surface area (Å²) in [6, 6.07) is 4.91. The third kappa shape index (κ3) is 1.99. The summed E-state index contributed by atoms with van der Waals surface area (Å²) in [5.74, 6) is 0.555. The monoisotopic (exact) mass is 240 g/mol. The molecule has 1 heterocycles. The van der Waals surface area contributed by atoms with E-state index >= 15 is 0 Å². The molecular weight excluding hydrogens is 228 g/mol. The Balaban J connectivity index is 2.41. The molecule has 0 radical (unpaired) electrons. The summed E-state index contributed by atoms with van der Waals surface area (Å²) >= 11 is 6.11. The van der Waals surface area contributed by atoms with Gasteiger partial charge in [-0.05, 0) is 12.1 Å². The van der Waals surface area contributed by atoms with Gasteiger partial charge in [-0.15, -0.1) is 0 Å². The predicted octanol–water partition coefficient (Wildman–Crippen LogP) is 1.11. The number of carbonyl (C=O) groups excluding carboxylic acids is 1. The first kappa shape index (κ1) is 11.2. The van der Waals surface area contributed by atoms with Crippen LogP contribution in [0.3, 0.4) is 0 Å². The number of halogens is 1. The maximum atomic E-state index is 11.7. The SMILES string of the molecule is COc1cccc(Cl)c1C1NCCNC1=O. The lowest BCUT2D eigenvalue weighted by Gasteiger charge is -2.25. The first-order valence-electron chi connectivity index (χ1n) is 5.07. The van der Waals surface area contributed by atoms with Gasteiger partial charge in [-0.1, -0.05) is 17.7 Å². The van der Waals surface area contributed by atoms with Crippen LogP contribution in [0.4, 0.5) is 0 Å². The van der Waals surface area contributed by atoms with Gasteiger partial charge in [0.15, 0.2) is 0 Å². The number of rotatable bonds is 2. The zero-order chi connectivity index (χ0) is 11.5. The Morgan fingerprint density at radius 3 is 2.94 bits per heavy atom. The average Bonchev–Trinajstić information content (AvgIpc) is 2.30. The fraction of sp³-hybridized carbons (Fsp3) is 0.364. The Hall–Kier alpha value is -1.26. The highest BCUT2D eigenvalue weighted by Crippen LogP contribution is 2.32. The fourth-order valence-corrected chi connectivity index (χ4v) is 2.08. The number of carbonyl (C=O) groups is 1. The molecule has 0 saturated carbocycles. The molecule has 0 spiro atoms. The molecule has 1 saturated heterocycles. The van der Waals surface area contributed by atoms with Gasteiger partial charge in [0, 0.05) is 23.7 Å². The molecule has 1 atom stereocenters. The van der Waals surface area contributed by atoms with Crippen LogP contribution in [-0.2, 0) is 4.79 Å². The van der Waals surface area contributed by atoms with E-state index in [2.05, 4.69) is 10.6 Å². The number of hydrogen-bond acceptors (Lipinski definition) is 3. The third-order valence-electron chi connectivity index (χ3n) is 2.56. The lowest BCUT2D eigenvalue weighted by molar-refractivity contribution is -0.124. The van der Waals surface area contributed by atoms with E-state index < -0.39 is 6.04 Å². The summed E-state index contributed by atoms with van der Waals surface area (Å²) in [6.07, 6.45) is 0. The second-order valence-electron chi connectivity index (χ2n) is 3.53. The molecule has 86 valence electrons. The fourth-order valence-electron chi connectivity index (χ4n) is 1.81. The van der Waals surface area contributed by atoms with Crippen LogP contribution in [0.15, 0.2) is 18.2 Å². The molecule has 0 aliphatic carbocycles. The molecular formula is C11H13ClN2O2. The van der Waals surface area contributed by atoms with E-state index in [0.29, 0.717) is 22.9 Å². The maximum absolute atomic E-state index is 11.7. The Labute approximate surface area is 98.9 Å². The van der Waals surface area contributed by atoms with E-state index in [1.807, 2.05) is 0 Å². The minimum absolute atomic E-state index is 0.0716. The quantitative estimate of drug-likeness (QED) is 0.814. The zero-order valence-corrected chi connectivity index (χ0v) is 9.67. The second kappa shape index (κ2) is 4.72. The number of benzene rings is 1. The standard InChI is InChI=1S/C11H13ClN2O2/c1-16-8-4-2-3-7(12)9(8)10-11(15)14-6-5-13-10/h2-4,10,13H,5-6H2,1H3,(H,14,15). The molecule has 1 aliphatic rings. The Bertz CT molecular complexity index is 409. The van der Waals surface area contributed by atoms with Crippen LogP contribution < -0.4 is 15.4 Å². The molecule has 1 fully saturated rings. The van der Waals surface area contributed by atoms with Crippen molar-refractivity contribution in [1.82, 2.24) is 10.6 Å². The number of methoxy groups -OCH3 is 1. The van der Waals surface area contributed by atoms with Crippen molar-refractivity contribution in [3.63, 3.8) is 0 Å². The van der Waals surface area contributed by atoms with Crippen LogP contribution in [0.25, 0.3) is 0 Å². The van der Waals surface area contributed by atoms with Gasteiger partial charge in [-0.2, -0.15) is 0 Å². The maximum Gasteiger partial charge on any atom is 0.241 e. The van der Waals surface area contributed by atoms with Crippen LogP contribution in [0.5, 0.6) is 5.75 Å². The van der Waals surface area contributed by atoms with Crippen molar-refractivity contribution in [3.8, 4) is 5.75 Å². The van der Waals surface area contributed by atoms with Gasteiger partial charge in [-0.3, -0.25) is 4.79 Å². The van der Waals surface area contributed by atoms with Gasteiger partial charge < -0.3 is 15.4 Å². The number of nitrogens with one attached hydrogen (secondary N) is 2. The Morgan fingerprint density at radius 1 is 1.44 bits per heavy atom. The number of amides is 1. The topological polar surface area (TPSA) is 50.4 Å². The molecule has 16 heavy (non-hydrogen) atoms. The smallest absolute Gasteiger partial charge is 0.241 e. The lowest BCUT2D eigenvalue weighted by Crippen LogP contribution is -2.47. The van der Waals surface area contributed by atoms with Gasteiger partial charge in [-0.25, -0.2) is 0 Å². The largest absolute Gasteiger partial charge is 0.496 e. The minimum atomic E-state index is -0.433. The Kier molecular flexibility index (Phi) is 3.31. The predicted molar refractivity (Wildman–Crippen MR) is 61.8 cm³/mol. The van der Waals surface area contributed by atoms with Gasteiger partial charge in [0.2, 0.25) is 5.91 Å². The van der Waals surface area contributed by atoms with E-state index in [9.17, 15) is 4.79 Å². The molecule has 0 bridgehead atoms. The Morgan fingerprint density at radius 2 is 2.25 bits per heavy atom. The summed E-state index contributed by atoms with van der Waals surface area (Å²) in [7, 11) is 1.57. The average molecular weight is 241 g/mol. The summed E-state index contributed by atoms with van der Waals surface area (Å²) in [5, 5.41) is 6.45. The molecule has 1 aromatic rings. The van der Waals surface area contributed by atoms with Gasteiger partial charge >= 0.3 is 0 Å². The minimum Gasteiger partial charge on any atom is -0.496 e. The number of ether oxygens (including phenoxy) is 1. The first-order chi connectivity index (χ1) is 7.74. The van der Waals surface area contributed by atoms with Crippen molar-refractivity contribution in [2.24, 2.45) is 0 Å². The van der Waals surface area contributed by atoms with Crippen LogP contribution in [0.1, 0.15) is 11.6 Å². The van der Waals surface area contributed by atoms with Crippen molar-refractivity contribution >= 4 is 17.5 Å². The second-order valence-corrected chi connectivity index (χ2v) is 3.94. The zero-order valence-electron chi connectivity index (χ0n) is 8.92. The van der Waals surface area contributed by atoms with Crippen molar-refractivity contribution in [2.75, 3.05) is 20.2 Å². The van der Waals surface area contributed by atoms with Crippen LogP contribution in [-0.4, -0.2) is 26.1 Å². The van der Waals surface area contributed by atoms with Crippen molar-refractivity contribution < 1.29 is 9.53 Å². The van der Waals surface area contributed by atoms with E-state index in [1.54, 1.807) is 25.3 Å². The van der Waals surface area contributed by atoms with Gasteiger partial charge in [0.1, 0.15) is 11.8 Å². The lowest BCUT2D eigenvalue weighted by atomic mass is 10.0. The molecule has 2 N–H and O–H groups in total.